The van der Waals surface area contributed by atoms with Crippen molar-refractivity contribution in [3.63, 3.8) is 0 Å². The summed E-state index contributed by atoms with van der Waals surface area (Å²) in [5.74, 6) is 0.894. The Labute approximate surface area is 127 Å². The zero-order chi connectivity index (χ0) is 13.1. The number of thiophene rings is 1. The van der Waals surface area contributed by atoms with Crippen LogP contribution in [0.5, 0.6) is 5.75 Å². The van der Waals surface area contributed by atoms with E-state index in [0.717, 1.165) is 25.8 Å². The van der Waals surface area contributed by atoms with Crippen molar-refractivity contribution < 1.29 is 4.74 Å². The maximum atomic E-state index is 5.90. The minimum atomic E-state index is 0.476. The first-order valence-electron chi connectivity index (χ1n) is 5.45. The van der Waals surface area contributed by atoms with E-state index in [2.05, 4.69) is 43.3 Å². The molecule has 0 unspecified atom stereocenters. The van der Waals surface area contributed by atoms with Crippen LogP contribution in [0.4, 0.5) is 0 Å². The molecule has 1 aromatic carbocycles. The monoisotopic (exact) mass is 389 g/mol. The molecule has 2 nitrogen and oxygen atoms in total. The van der Waals surface area contributed by atoms with Crippen LogP contribution in [0, 0.1) is 6.92 Å². The van der Waals surface area contributed by atoms with Crippen LogP contribution < -0.4 is 10.5 Å². The summed E-state index contributed by atoms with van der Waals surface area (Å²) in [6, 6.07) is 6.12. The summed E-state index contributed by atoms with van der Waals surface area (Å²) < 4.78 is 8.03. The number of benzene rings is 1. The average Bonchev–Trinajstić information content (AvgIpc) is 2.73. The quantitative estimate of drug-likeness (QED) is 0.826. The molecule has 5 heteroatoms. The Morgan fingerprint density at radius 2 is 2.00 bits per heavy atom. The molecule has 2 N–H and O–H groups in total. The normalized spacial score (nSPS) is 10.7. The minimum Gasteiger partial charge on any atom is -0.487 e. The van der Waals surface area contributed by atoms with Crippen LogP contribution in [-0.4, -0.2) is 0 Å². The Bertz CT molecular complexity index is 554. The largest absolute Gasteiger partial charge is 0.487 e. The molecule has 0 aliphatic carbocycles. The van der Waals surface area contributed by atoms with Gasteiger partial charge in [0.1, 0.15) is 12.4 Å². The number of halogens is 2. The molecule has 1 heterocycles. The van der Waals surface area contributed by atoms with E-state index in [1.54, 1.807) is 11.3 Å². The first-order chi connectivity index (χ1) is 8.60. The van der Waals surface area contributed by atoms with E-state index in [1.165, 1.54) is 4.88 Å². The lowest BCUT2D eigenvalue weighted by molar-refractivity contribution is 0.304. The molecular weight excluding hydrogens is 378 g/mol. The second kappa shape index (κ2) is 6.19. The van der Waals surface area contributed by atoms with Gasteiger partial charge in [-0.05, 0) is 46.6 Å². The van der Waals surface area contributed by atoms with E-state index in [0.29, 0.717) is 13.2 Å². The molecule has 0 aliphatic rings. The van der Waals surface area contributed by atoms with Gasteiger partial charge < -0.3 is 10.5 Å². The predicted octanol–water partition coefficient (Wildman–Crippen LogP) is 4.62. The van der Waals surface area contributed by atoms with E-state index >= 15 is 0 Å². The molecule has 0 saturated carbocycles. The predicted molar refractivity (Wildman–Crippen MR) is 83.1 cm³/mol. The summed E-state index contributed by atoms with van der Waals surface area (Å²) in [5, 5.41) is 2.05. The second-order valence-corrected chi connectivity index (χ2v) is 6.76. The van der Waals surface area contributed by atoms with Crippen molar-refractivity contribution in [3.05, 3.63) is 48.5 Å². The van der Waals surface area contributed by atoms with Crippen LogP contribution >= 0.6 is 43.2 Å². The number of hydrogen-bond acceptors (Lipinski definition) is 3. The summed E-state index contributed by atoms with van der Waals surface area (Å²) in [7, 11) is 0. The van der Waals surface area contributed by atoms with Crippen LogP contribution in [0.3, 0.4) is 0 Å². The molecule has 96 valence electrons. The molecule has 0 radical (unpaired) electrons. The zero-order valence-electron chi connectivity index (χ0n) is 9.87. The van der Waals surface area contributed by atoms with Gasteiger partial charge >= 0.3 is 0 Å². The van der Waals surface area contributed by atoms with Crippen molar-refractivity contribution in [1.29, 1.82) is 0 Å². The summed E-state index contributed by atoms with van der Waals surface area (Å²) in [4.78, 5) is 1.19. The first-order valence-corrected chi connectivity index (χ1v) is 7.91. The summed E-state index contributed by atoms with van der Waals surface area (Å²) in [6.45, 7) is 3.08. The van der Waals surface area contributed by atoms with E-state index in [4.69, 9.17) is 10.5 Å². The number of rotatable bonds is 4. The van der Waals surface area contributed by atoms with E-state index in [9.17, 15) is 0 Å². The fourth-order valence-corrected chi connectivity index (χ4v) is 3.71. The van der Waals surface area contributed by atoms with Gasteiger partial charge in [0.05, 0.1) is 0 Å². The van der Waals surface area contributed by atoms with E-state index in [1.807, 2.05) is 19.1 Å². The van der Waals surface area contributed by atoms with Crippen LogP contribution in [0.15, 0.2) is 32.5 Å². The Kier molecular flexibility index (Phi) is 4.84. The molecule has 0 aliphatic heterocycles. The van der Waals surface area contributed by atoms with Gasteiger partial charge in [-0.2, -0.15) is 0 Å². The molecule has 0 fully saturated rings. The van der Waals surface area contributed by atoms with Gasteiger partial charge in [-0.1, -0.05) is 15.9 Å². The number of nitrogens with two attached hydrogens (primary N) is 1. The molecular formula is C13H13Br2NOS. The smallest absolute Gasteiger partial charge is 0.127 e. The lowest BCUT2D eigenvalue weighted by atomic mass is 10.1. The molecule has 2 rings (SSSR count). The highest BCUT2D eigenvalue weighted by Gasteiger charge is 2.09. The molecule has 0 amide bonds. The zero-order valence-corrected chi connectivity index (χ0v) is 13.9. The standard InChI is InChI=1S/C13H13Br2NOS/c1-8-2-10(14)3-9(5-16)13(8)17-6-12-4-11(15)7-18-12/h2-4,7H,5-6,16H2,1H3. The molecule has 2 aromatic rings. The van der Waals surface area contributed by atoms with Gasteiger partial charge in [-0.3, -0.25) is 0 Å². The number of aryl methyl sites for hydroxylation is 1. The first kappa shape index (κ1) is 14.1. The van der Waals surface area contributed by atoms with Crippen molar-refractivity contribution >= 4 is 43.2 Å². The topological polar surface area (TPSA) is 35.2 Å². The van der Waals surface area contributed by atoms with Crippen molar-refractivity contribution in [3.8, 4) is 5.75 Å². The summed E-state index contributed by atoms with van der Waals surface area (Å²) >= 11 is 8.59. The highest BCUT2D eigenvalue weighted by molar-refractivity contribution is 9.10. The lowest BCUT2D eigenvalue weighted by Gasteiger charge is -2.13. The Morgan fingerprint density at radius 1 is 1.22 bits per heavy atom. The molecule has 0 bridgehead atoms. The minimum absolute atomic E-state index is 0.476. The van der Waals surface area contributed by atoms with Crippen molar-refractivity contribution in [2.24, 2.45) is 5.73 Å². The van der Waals surface area contributed by atoms with Gasteiger partial charge in [0.15, 0.2) is 0 Å². The second-order valence-electron chi connectivity index (χ2n) is 3.93. The highest BCUT2D eigenvalue weighted by atomic mass is 79.9. The van der Waals surface area contributed by atoms with Gasteiger partial charge in [0, 0.05) is 31.3 Å². The van der Waals surface area contributed by atoms with Crippen LogP contribution in [0.25, 0.3) is 0 Å². The van der Waals surface area contributed by atoms with Crippen LogP contribution in [-0.2, 0) is 13.2 Å². The van der Waals surface area contributed by atoms with E-state index in [-0.39, 0.29) is 0 Å². The van der Waals surface area contributed by atoms with Crippen LogP contribution in [0.1, 0.15) is 16.0 Å². The molecule has 18 heavy (non-hydrogen) atoms. The number of ether oxygens (including phenoxy) is 1. The van der Waals surface area contributed by atoms with Crippen LogP contribution in [0.2, 0.25) is 0 Å². The van der Waals surface area contributed by atoms with E-state index < -0.39 is 0 Å². The summed E-state index contributed by atoms with van der Waals surface area (Å²) in [5.41, 5.74) is 7.88. The summed E-state index contributed by atoms with van der Waals surface area (Å²) in [6.07, 6.45) is 0. The lowest BCUT2D eigenvalue weighted by Crippen LogP contribution is -2.04. The molecule has 1 aromatic heterocycles. The van der Waals surface area contributed by atoms with Gasteiger partial charge in [0.25, 0.3) is 0 Å². The maximum Gasteiger partial charge on any atom is 0.127 e. The number of hydrogen-bond donors (Lipinski definition) is 1. The van der Waals surface area contributed by atoms with Gasteiger partial charge in [0.2, 0.25) is 0 Å². The van der Waals surface area contributed by atoms with Crippen molar-refractivity contribution in [2.45, 2.75) is 20.1 Å². The molecule has 0 saturated heterocycles. The van der Waals surface area contributed by atoms with Crippen molar-refractivity contribution in [2.75, 3.05) is 0 Å². The highest BCUT2D eigenvalue weighted by Crippen LogP contribution is 2.29. The third-order valence-electron chi connectivity index (χ3n) is 2.52. The Balaban J connectivity index is 2.18. The van der Waals surface area contributed by atoms with Gasteiger partial charge in [-0.15, -0.1) is 11.3 Å². The van der Waals surface area contributed by atoms with Gasteiger partial charge in [-0.25, -0.2) is 0 Å². The fraction of sp³-hybridized carbons (Fsp3) is 0.231. The molecule has 0 atom stereocenters. The fourth-order valence-electron chi connectivity index (χ4n) is 1.73. The Hall–Kier alpha value is -0.360. The SMILES string of the molecule is Cc1cc(Br)cc(CN)c1OCc1cc(Br)cs1. The molecule has 0 spiro atoms. The third-order valence-corrected chi connectivity index (χ3v) is 4.65. The third kappa shape index (κ3) is 3.35. The Morgan fingerprint density at radius 3 is 2.61 bits per heavy atom. The average molecular weight is 391 g/mol. The maximum absolute atomic E-state index is 5.90. The van der Waals surface area contributed by atoms with Crippen molar-refractivity contribution in [1.82, 2.24) is 0 Å².